The Bertz CT molecular complexity index is 615. The first-order valence-electron chi connectivity index (χ1n) is 6.06. The van der Waals surface area contributed by atoms with E-state index in [-0.39, 0.29) is 0 Å². The third-order valence-corrected chi connectivity index (χ3v) is 2.57. The van der Waals surface area contributed by atoms with Gasteiger partial charge < -0.3 is 10.6 Å². The van der Waals surface area contributed by atoms with Gasteiger partial charge in [0.05, 0.1) is 0 Å². The molecule has 3 rings (SSSR count). The molecular formula is C14H12N6. The third-order valence-electron chi connectivity index (χ3n) is 2.57. The van der Waals surface area contributed by atoms with E-state index in [0.29, 0.717) is 11.6 Å². The number of nitrogens with zero attached hydrogens (tertiary/aromatic N) is 4. The average Bonchev–Trinajstić information content (AvgIpc) is 2.50. The Kier molecular flexibility index (Phi) is 3.46. The van der Waals surface area contributed by atoms with Crippen LogP contribution < -0.4 is 10.6 Å². The summed E-state index contributed by atoms with van der Waals surface area (Å²) < 4.78 is 0. The second-order valence-corrected chi connectivity index (χ2v) is 4.01. The lowest BCUT2D eigenvalue weighted by Crippen LogP contribution is -1.98. The molecule has 6 nitrogen and oxygen atoms in total. The van der Waals surface area contributed by atoms with Crippen LogP contribution in [0, 0.1) is 0 Å². The van der Waals surface area contributed by atoms with E-state index in [2.05, 4.69) is 30.6 Å². The molecule has 0 saturated carbocycles. The Morgan fingerprint density at radius 2 is 1.10 bits per heavy atom. The lowest BCUT2D eigenvalue weighted by Gasteiger charge is -2.08. The Balaban J connectivity index is 1.76. The summed E-state index contributed by atoms with van der Waals surface area (Å²) in [6.45, 7) is 0. The molecule has 20 heavy (non-hydrogen) atoms. The molecule has 2 N–H and O–H groups in total. The molecule has 0 saturated heterocycles. The van der Waals surface area contributed by atoms with E-state index in [9.17, 15) is 0 Å². The molecule has 3 aromatic rings. The van der Waals surface area contributed by atoms with E-state index < -0.39 is 0 Å². The lowest BCUT2D eigenvalue weighted by atomic mass is 10.4. The Labute approximate surface area is 116 Å². The second-order valence-electron chi connectivity index (χ2n) is 4.01. The minimum atomic E-state index is 0.711. The SMILES string of the molecule is c1cc(Nc2cc(Nc3ccncc3)ncn2)ccn1. The predicted octanol–water partition coefficient (Wildman–Crippen LogP) is 2.75. The maximum absolute atomic E-state index is 4.18. The molecule has 3 heterocycles. The number of hydrogen-bond acceptors (Lipinski definition) is 6. The summed E-state index contributed by atoms with van der Waals surface area (Å²) in [7, 11) is 0. The van der Waals surface area contributed by atoms with E-state index in [0.717, 1.165) is 11.4 Å². The molecule has 0 atom stereocenters. The van der Waals surface area contributed by atoms with Crippen molar-refractivity contribution < 1.29 is 0 Å². The van der Waals surface area contributed by atoms with Gasteiger partial charge in [0.1, 0.15) is 18.0 Å². The van der Waals surface area contributed by atoms with Gasteiger partial charge in [0.15, 0.2) is 0 Å². The van der Waals surface area contributed by atoms with E-state index >= 15 is 0 Å². The first kappa shape index (κ1) is 12.0. The highest BCUT2D eigenvalue weighted by atomic mass is 15.1. The zero-order valence-corrected chi connectivity index (χ0v) is 10.6. The van der Waals surface area contributed by atoms with E-state index in [1.54, 1.807) is 24.8 Å². The van der Waals surface area contributed by atoms with Gasteiger partial charge in [-0.25, -0.2) is 9.97 Å². The fraction of sp³-hybridized carbons (Fsp3) is 0. The highest BCUT2D eigenvalue weighted by Gasteiger charge is 2.00. The minimum absolute atomic E-state index is 0.711. The molecule has 3 aromatic heterocycles. The van der Waals surface area contributed by atoms with Crippen LogP contribution in [0.1, 0.15) is 0 Å². The number of aromatic nitrogens is 4. The normalized spacial score (nSPS) is 10.0. The minimum Gasteiger partial charge on any atom is -0.340 e. The van der Waals surface area contributed by atoms with Crippen LogP contribution >= 0.6 is 0 Å². The molecule has 0 aliphatic rings. The molecule has 98 valence electrons. The molecule has 0 radical (unpaired) electrons. The van der Waals surface area contributed by atoms with Crippen molar-refractivity contribution in [2.24, 2.45) is 0 Å². The zero-order chi connectivity index (χ0) is 13.6. The van der Waals surface area contributed by atoms with E-state index in [4.69, 9.17) is 0 Å². The van der Waals surface area contributed by atoms with Gasteiger partial charge in [-0.2, -0.15) is 0 Å². The average molecular weight is 264 g/mol. The van der Waals surface area contributed by atoms with Crippen molar-refractivity contribution in [2.75, 3.05) is 10.6 Å². The second kappa shape index (κ2) is 5.75. The summed E-state index contributed by atoms with van der Waals surface area (Å²) in [5, 5.41) is 6.37. The van der Waals surface area contributed by atoms with Crippen LogP contribution in [0.3, 0.4) is 0 Å². The van der Waals surface area contributed by atoms with Crippen LogP contribution in [0.4, 0.5) is 23.0 Å². The Morgan fingerprint density at radius 3 is 1.55 bits per heavy atom. The van der Waals surface area contributed by atoms with Crippen LogP contribution in [0.5, 0.6) is 0 Å². The van der Waals surface area contributed by atoms with Crippen molar-refractivity contribution in [3.8, 4) is 0 Å². The fourth-order valence-corrected chi connectivity index (χ4v) is 1.66. The topological polar surface area (TPSA) is 75.6 Å². The molecule has 0 unspecified atom stereocenters. The number of rotatable bonds is 4. The summed E-state index contributed by atoms with van der Waals surface area (Å²) in [4.78, 5) is 16.3. The fourth-order valence-electron chi connectivity index (χ4n) is 1.66. The van der Waals surface area contributed by atoms with Gasteiger partial charge in [0.25, 0.3) is 0 Å². The van der Waals surface area contributed by atoms with Crippen LogP contribution in [0.2, 0.25) is 0 Å². The van der Waals surface area contributed by atoms with E-state index in [1.165, 1.54) is 6.33 Å². The molecule has 0 bridgehead atoms. The lowest BCUT2D eigenvalue weighted by molar-refractivity contribution is 1.16. The van der Waals surface area contributed by atoms with Crippen molar-refractivity contribution in [2.45, 2.75) is 0 Å². The summed E-state index contributed by atoms with van der Waals surface area (Å²) in [5.74, 6) is 1.42. The number of pyridine rings is 2. The molecule has 0 spiro atoms. The first-order valence-corrected chi connectivity index (χ1v) is 6.06. The first-order chi connectivity index (χ1) is 9.90. The van der Waals surface area contributed by atoms with Crippen molar-refractivity contribution in [1.29, 1.82) is 0 Å². The monoisotopic (exact) mass is 264 g/mol. The summed E-state index contributed by atoms with van der Waals surface area (Å²) >= 11 is 0. The summed E-state index contributed by atoms with van der Waals surface area (Å²) in [5.41, 5.74) is 1.85. The van der Waals surface area contributed by atoms with Crippen LogP contribution in [0.25, 0.3) is 0 Å². The van der Waals surface area contributed by atoms with Crippen molar-refractivity contribution in [3.05, 3.63) is 61.4 Å². The van der Waals surface area contributed by atoms with Crippen LogP contribution in [0.15, 0.2) is 61.4 Å². The zero-order valence-electron chi connectivity index (χ0n) is 10.6. The highest BCUT2D eigenvalue weighted by Crippen LogP contribution is 2.18. The van der Waals surface area contributed by atoms with Gasteiger partial charge in [-0.1, -0.05) is 0 Å². The van der Waals surface area contributed by atoms with Crippen molar-refractivity contribution >= 4 is 23.0 Å². The number of anilines is 4. The van der Waals surface area contributed by atoms with Gasteiger partial charge in [-0.3, -0.25) is 9.97 Å². The molecule has 0 aliphatic heterocycles. The van der Waals surface area contributed by atoms with Crippen LogP contribution in [-0.4, -0.2) is 19.9 Å². The Hall–Kier alpha value is -3.02. The molecule has 0 fully saturated rings. The third kappa shape index (κ3) is 3.05. The van der Waals surface area contributed by atoms with Gasteiger partial charge in [-0.15, -0.1) is 0 Å². The molecule has 0 amide bonds. The van der Waals surface area contributed by atoms with Crippen molar-refractivity contribution in [1.82, 2.24) is 19.9 Å². The maximum atomic E-state index is 4.18. The quantitative estimate of drug-likeness (QED) is 0.754. The van der Waals surface area contributed by atoms with Gasteiger partial charge in [0.2, 0.25) is 0 Å². The molecule has 0 aliphatic carbocycles. The van der Waals surface area contributed by atoms with Crippen molar-refractivity contribution in [3.63, 3.8) is 0 Å². The standard InChI is InChI=1S/C14H12N6/c1-5-15-6-2-11(1)19-13-9-14(18-10-17-13)20-12-3-7-16-8-4-12/h1-10H,(H2,15,16,17,18,19,20). The summed E-state index contributed by atoms with van der Waals surface area (Å²) in [6.07, 6.45) is 8.39. The number of nitrogens with one attached hydrogen (secondary N) is 2. The smallest absolute Gasteiger partial charge is 0.135 e. The molecule has 6 heteroatoms. The molecular weight excluding hydrogens is 252 g/mol. The predicted molar refractivity (Wildman–Crippen MR) is 77.1 cm³/mol. The van der Waals surface area contributed by atoms with E-state index in [1.807, 2.05) is 30.3 Å². The van der Waals surface area contributed by atoms with Gasteiger partial charge in [0, 0.05) is 42.2 Å². The van der Waals surface area contributed by atoms with Gasteiger partial charge in [-0.05, 0) is 24.3 Å². The molecule has 0 aromatic carbocycles. The number of hydrogen-bond donors (Lipinski definition) is 2. The van der Waals surface area contributed by atoms with Gasteiger partial charge >= 0.3 is 0 Å². The largest absolute Gasteiger partial charge is 0.340 e. The summed E-state index contributed by atoms with van der Waals surface area (Å²) in [6, 6.07) is 9.33. The highest BCUT2D eigenvalue weighted by molar-refractivity contribution is 5.62. The van der Waals surface area contributed by atoms with Crippen LogP contribution in [-0.2, 0) is 0 Å². The Morgan fingerprint density at radius 1 is 0.650 bits per heavy atom. The maximum Gasteiger partial charge on any atom is 0.135 e.